The van der Waals surface area contributed by atoms with E-state index in [9.17, 15) is 9.59 Å². The van der Waals surface area contributed by atoms with E-state index in [2.05, 4.69) is 17.8 Å². The third-order valence-corrected chi connectivity index (χ3v) is 2.99. The SMILES string of the molecule is C[C@@H]1CCC[C@@H](C(=O)NNC(=O)OC(C)(C)C)C1. The number of ether oxygens (including phenoxy) is 1. The summed E-state index contributed by atoms with van der Waals surface area (Å²) in [7, 11) is 0. The van der Waals surface area contributed by atoms with E-state index in [0.29, 0.717) is 5.92 Å². The van der Waals surface area contributed by atoms with Crippen molar-refractivity contribution in [1.29, 1.82) is 0 Å². The van der Waals surface area contributed by atoms with E-state index in [1.54, 1.807) is 20.8 Å². The average Bonchev–Trinajstić information content (AvgIpc) is 2.23. The van der Waals surface area contributed by atoms with Crippen molar-refractivity contribution < 1.29 is 14.3 Å². The molecule has 0 unspecified atom stereocenters. The fourth-order valence-corrected chi connectivity index (χ4v) is 2.19. The summed E-state index contributed by atoms with van der Waals surface area (Å²) in [5.41, 5.74) is 4.16. The van der Waals surface area contributed by atoms with Crippen LogP contribution in [-0.4, -0.2) is 17.6 Å². The molecule has 0 aromatic heterocycles. The van der Waals surface area contributed by atoms with Crippen molar-refractivity contribution >= 4 is 12.0 Å². The number of nitrogens with one attached hydrogen (secondary N) is 2. The first kappa shape index (κ1) is 14.8. The van der Waals surface area contributed by atoms with Crippen LogP contribution in [0.5, 0.6) is 0 Å². The van der Waals surface area contributed by atoms with Gasteiger partial charge in [0.2, 0.25) is 5.91 Å². The molecule has 1 saturated carbocycles. The summed E-state index contributed by atoms with van der Waals surface area (Å²) in [6, 6.07) is 0. The number of amides is 2. The van der Waals surface area contributed by atoms with Gasteiger partial charge in [-0.3, -0.25) is 10.2 Å². The minimum atomic E-state index is -0.625. The van der Waals surface area contributed by atoms with Gasteiger partial charge in [0.05, 0.1) is 0 Å². The standard InChI is InChI=1S/C13H24N2O3/c1-9-6-5-7-10(8-9)11(16)14-15-12(17)18-13(2,3)4/h9-10H,5-8H2,1-4H3,(H,14,16)(H,15,17)/t9-,10-/m1/s1. The first-order valence-electron chi connectivity index (χ1n) is 6.57. The summed E-state index contributed by atoms with van der Waals surface area (Å²) in [5.74, 6) is 0.465. The van der Waals surface area contributed by atoms with E-state index >= 15 is 0 Å². The molecule has 0 bridgehead atoms. The van der Waals surface area contributed by atoms with Crippen LogP contribution in [0.4, 0.5) is 4.79 Å². The molecule has 1 aliphatic rings. The van der Waals surface area contributed by atoms with Gasteiger partial charge in [-0.2, -0.15) is 0 Å². The zero-order valence-electron chi connectivity index (χ0n) is 11.7. The predicted octanol–water partition coefficient (Wildman–Crippen LogP) is 2.37. The van der Waals surface area contributed by atoms with E-state index in [-0.39, 0.29) is 11.8 Å². The lowest BCUT2D eigenvalue weighted by Crippen LogP contribution is -2.47. The maximum Gasteiger partial charge on any atom is 0.426 e. The molecule has 0 saturated heterocycles. The van der Waals surface area contributed by atoms with E-state index < -0.39 is 11.7 Å². The van der Waals surface area contributed by atoms with Gasteiger partial charge in [0.25, 0.3) is 0 Å². The second-order valence-corrected chi connectivity index (χ2v) is 6.08. The Morgan fingerprint density at radius 2 is 1.83 bits per heavy atom. The number of hydrogen-bond acceptors (Lipinski definition) is 3. The average molecular weight is 256 g/mol. The highest BCUT2D eigenvalue weighted by Gasteiger charge is 2.25. The van der Waals surface area contributed by atoms with Crippen LogP contribution in [0.15, 0.2) is 0 Å². The Morgan fingerprint density at radius 1 is 1.17 bits per heavy atom. The number of hydrogen-bond donors (Lipinski definition) is 2. The predicted molar refractivity (Wildman–Crippen MR) is 68.6 cm³/mol. The Hall–Kier alpha value is -1.26. The number of hydrazine groups is 1. The molecule has 2 N–H and O–H groups in total. The van der Waals surface area contributed by atoms with Crippen LogP contribution < -0.4 is 10.9 Å². The normalized spacial score (nSPS) is 24.2. The van der Waals surface area contributed by atoms with Crippen molar-refractivity contribution in [2.75, 3.05) is 0 Å². The van der Waals surface area contributed by atoms with Crippen LogP contribution in [0.2, 0.25) is 0 Å². The maximum absolute atomic E-state index is 11.8. The highest BCUT2D eigenvalue weighted by molar-refractivity contribution is 5.81. The fourth-order valence-electron chi connectivity index (χ4n) is 2.19. The molecule has 2 atom stereocenters. The van der Waals surface area contributed by atoms with Gasteiger partial charge in [-0.1, -0.05) is 19.8 Å². The number of carbonyl (C=O) groups is 2. The molecule has 1 fully saturated rings. The molecule has 0 aromatic rings. The molecule has 5 nitrogen and oxygen atoms in total. The summed E-state index contributed by atoms with van der Waals surface area (Å²) in [6.07, 6.45) is 3.42. The Kier molecular flexibility index (Phi) is 4.99. The summed E-state index contributed by atoms with van der Waals surface area (Å²) >= 11 is 0. The minimum Gasteiger partial charge on any atom is -0.443 e. The van der Waals surface area contributed by atoms with E-state index in [1.165, 1.54) is 6.42 Å². The summed E-state index contributed by atoms with van der Waals surface area (Å²) in [6.45, 7) is 7.48. The van der Waals surface area contributed by atoms with Gasteiger partial charge in [-0.05, 0) is 39.5 Å². The quantitative estimate of drug-likeness (QED) is 0.708. The molecule has 0 aliphatic heterocycles. The summed E-state index contributed by atoms with van der Waals surface area (Å²) in [4.78, 5) is 23.2. The lowest BCUT2D eigenvalue weighted by atomic mass is 9.82. The molecule has 104 valence electrons. The van der Waals surface area contributed by atoms with Crippen molar-refractivity contribution in [2.24, 2.45) is 11.8 Å². The first-order chi connectivity index (χ1) is 8.28. The van der Waals surface area contributed by atoms with Gasteiger partial charge in [0, 0.05) is 5.92 Å². The van der Waals surface area contributed by atoms with Crippen LogP contribution in [0.3, 0.4) is 0 Å². The number of rotatable bonds is 1. The largest absolute Gasteiger partial charge is 0.443 e. The summed E-state index contributed by atoms with van der Waals surface area (Å²) < 4.78 is 5.03. The van der Waals surface area contributed by atoms with Gasteiger partial charge in [-0.25, -0.2) is 10.2 Å². The van der Waals surface area contributed by atoms with Gasteiger partial charge >= 0.3 is 6.09 Å². The van der Waals surface area contributed by atoms with Crippen LogP contribution in [0.25, 0.3) is 0 Å². The van der Waals surface area contributed by atoms with E-state index in [1.807, 2.05) is 0 Å². The Bertz CT molecular complexity index is 310. The van der Waals surface area contributed by atoms with Crippen LogP contribution in [-0.2, 0) is 9.53 Å². The van der Waals surface area contributed by atoms with Crippen molar-refractivity contribution in [2.45, 2.75) is 59.0 Å². The molecule has 0 radical (unpaired) electrons. The molecule has 1 rings (SSSR count). The van der Waals surface area contributed by atoms with Crippen molar-refractivity contribution in [3.8, 4) is 0 Å². The van der Waals surface area contributed by atoms with Gasteiger partial charge in [-0.15, -0.1) is 0 Å². The van der Waals surface area contributed by atoms with E-state index in [4.69, 9.17) is 4.74 Å². The smallest absolute Gasteiger partial charge is 0.426 e. The highest BCUT2D eigenvalue weighted by atomic mass is 16.6. The lowest BCUT2D eigenvalue weighted by Gasteiger charge is -2.26. The molecule has 18 heavy (non-hydrogen) atoms. The topological polar surface area (TPSA) is 67.4 Å². The van der Waals surface area contributed by atoms with E-state index in [0.717, 1.165) is 19.3 Å². The van der Waals surface area contributed by atoms with Crippen molar-refractivity contribution in [1.82, 2.24) is 10.9 Å². The number of carbonyl (C=O) groups excluding carboxylic acids is 2. The Balaban J connectivity index is 2.30. The highest BCUT2D eigenvalue weighted by Crippen LogP contribution is 2.28. The van der Waals surface area contributed by atoms with Crippen molar-refractivity contribution in [3.05, 3.63) is 0 Å². The van der Waals surface area contributed by atoms with Crippen LogP contribution in [0.1, 0.15) is 53.4 Å². The first-order valence-corrected chi connectivity index (χ1v) is 6.57. The fraction of sp³-hybridized carbons (Fsp3) is 0.846. The maximum atomic E-state index is 11.8. The Morgan fingerprint density at radius 3 is 2.39 bits per heavy atom. The zero-order valence-corrected chi connectivity index (χ0v) is 11.7. The third-order valence-electron chi connectivity index (χ3n) is 2.99. The zero-order chi connectivity index (χ0) is 13.8. The van der Waals surface area contributed by atoms with Gasteiger partial charge in [0.15, 0.2) is 0 Å². The van der Waals surface area contributed by atoms with Gasteiger partial charge < -0.3 is 4.74 Å². The minimum absolute atomic E-state index is 0.00341. The van der Waals surface area contributed by atoms with Crippen LogP contribution >= 0.6 is 0 Å². The molecule has 0 spiro atoms. The van der Waals surface area contributed by atoms with Crippen molar-refractivity contribution in [3.63, 3.8) is 0 Å². The monoisotopic (exact) mass is 256 g/mol. The molecular weight excluding hydrogens is 232 g/mol. The molecule has 5 heteroatoms. The molecule has 1 aliphatic carbocycles. The molecule has 0 aromatic carbocycles. The molecular formula is C13H24N2O3. The third kappa shape index (κ3) is 5.38. The van der Waals surface area contributed by atoms with Gasteiger partial charge in [0.1, 0.15) is 5.60 Å². The molecule has 2 amide bonds. The second kappa shape index (κ2) is 6.07. The lowest BCUT2D eigenvalue weighted by molar-refractivity contribution is -0.127. The van der Waals surface area contributed by atoms with Crippen LogP contribution in [0, 0.1) is 11.8 Å². The Labute approximate surface area is 109 Å². The second-order valence-electron chi connectivity index (χ2n) is 6.08. The summed E-state index contributed by atoms with van der Waals surface area (Å²) in [5, 5.41) is 0. The molecule has 0 heterocycles.